The third-order valence-corrected chi connectivity index (χ3v) is 2.10. The van der Waals surface area contributed by atoms with E-state index in [2.05, 4.69) is 10.0 Å². The molecular formula is C13H19N3O2S. The van der Waals surface area contributed by atoms with Crippen molar-refractivity contribution >= 4 is 22.7 Å². The zero-order valence-electron chi connectivity index (χ0n) is 11.7. The fourth-order valence-electron chi connectivity index (χ4n) is 0.742. The Hall–Kier alpha value is -1.78. The summed E-state index contributed by atoms with van der Waals surface area (Å²) in [5, 5.41) is 3.03. The standard InChI is InChI=1S/C8H7N3OS.C3H6O.C2H6/c9-11-10-6-8(12)13-7-4-2-1-3-5-7;1-3(2)4;1-2/h1-5H,6H2;1-2H3;1-2H3. The van der Waals surface area contributed by atoms with Crippen molar-refractivity contribution in [1.29, 1.82) is 0 Å². The van der Waals surface area contributed by atoms with Crippen LogP contribution in [0.5, 0.6) is 0 Å². The lowest BCUT2D eigenvalue weighted by molar-refractivity contribution is -0.115. The van der Waals surface area contributed by atoms with Crippen LogP contribution in [-0.4, -0.2) is 17.4 Å². The number of azide groups is 1. The Morgan fingerprint density at radius 1 is 1.21 bits per heavy atom. The maximum atomic E-state index is 11.1. The summed E-state index contributed by atoms with van der Waals surface area (Å²) in [4.78, 5) is 23.9. The molecule has 6 heteroatoms. The monoisotopic (exact) mass is 281 g/mol. The van der Waals surface area contributed by atoms with E-state index in [1.165, 1.54) is 13.8 Å². The highest BCUT2D eigenvalue weighted by atomic mass is 32.2. The van der Waals surface area contributed by atoms with Gasteiger partial charge in [-0.25, -0.2) is 0 Å². The maximum Gasteiger partial charge on any atom is 0.199 e. The summed E-state index contributed by atoms with van der Waals surface area (Å²) in [6.45, 7) is 6.95. The molecule has 104 valence electrons. The molecule has 0 heterocycles. The number of rotatable bonds is 3. The van der Waals surface area contributed by atoms with Gasteiger partial charge >= 0.3 is 0 Å². The number of benzene rings is 1. The van der Waals surface area contributed by atoms with E-state index < -0.39 is 0 Å². The lowest BCUT2D eigenvalue weighted by Crippen LogP contribution is -1.94. The van der Waals surface area contributed by atoms with Crippen molar-refractivity contribution in [2.45, 2.75) is 32.6 Å². The van der Waals surface area contributed by atoms with Crippen molar-refractivity contribution in [3.63, 3.8) is 0 Å². The van der Waals surface area contributed by atoms with E-state index in [0.717, 1.165) is 16.7 Å². The average molecular weight is 281 g/mol. The quantitative estimate of drug-likeness (QED) is 0.359. The number of thioether (sulfide) groups is 1. The summed E-state index contributed by atoms with van der Waals surface area (Å²) in [5.41, 5.74) is 7.98. The van der Waals surface area contributed by atoms with Crippen molar-refractivity contribution < 1.29 is 9.59 Å². The second-order valence-corrected chi connectivity index (χ2v) is 4.22. The van der Waals surface area contributed by atoms with Gasteiger partial charge in [0.1, 0.15) is 5.78 Å². The predicted molar refractivity (Wildman–Crippen MR) is 79.0 cm³/mol. The fourth-order valence-corrected chi connectivity index (χ4v) is 1.42. The zero-order chi connectivity index (χ0) is 15.1. The molecule has 0 amide bonds. The highest BCUT2D eigenvalue weighted by Gasteiger charge is 2.01. The highest BCUT2D eigenvalue weighted by Crippen LogP contribution is 2.17. The van der Waals surface area contributed by atoms with Crippen LogP contribution in [0.4, 0.5) is 0 Å². The van der Waals surface area contributed by atoms with E-state index in [4.69, 9.17) is 5.53 Å². The van der Waals surface area contributed by atoms with Crippen molar-refractivity contribution in [3.8, 4) is 0 Å². The molecule has 1 aromatic carbocycles. The lowest BCUT2D eigenvalue weighted by atomic mass is 10.4. The molecule has 0 fully saturated rings. The minimum atomic E-state index is -0.149. The lowest BCUT2D eigenvalue weighted by Gasteiger charge is -1.95. The Bertz CT molecular complexity index is 411. The third kappa shape index (κ3) is 16.2. The van der Waals surface area contributed by atoms with Gasteiger partial charge in [-0.1, -0.05) is 48.9 Å². The van der Waals surface area contributed by atoms with Crippen LogP contribution in [-0.2, 0) is 9.59 Å². The molecule has 1 aromatic rings. The van der Waals surface area contributed by atoms with E-state index in [-0.39, 0.29) is 17.4 Å². The first-order valence-electron chi connectivity index (χ1n) is 5.80. The summed E-state index contributed by atoms with van der Waals surface area (Å²) in [5.74, 6) is 0.167. The second-order valence-electron chi connectivity index (χ2n) is 3.08. The van der Waals surface area contributed by atoms with E-state index >= 15 is 0 Å². The molecule has 19 heavy (non-hydrogen) atoms. The number of hydrogen-bond donors (Lipinski definition) is 0. The number of nitrogens with zero attached hydrogens (tertiary/aromatic N) is 3. The molecule has 5 nitrogen and oxygen atoms in total. The highest BCUT2D eigenvalue weighted by molar-refractivity contribution is 8.13. The van der Waals surface area contributed by atoms with Gasteiger partial charge in [-0.2, -0.15) is 0 Å². The number of ketones is 1. The number of Topliss-reactive ketones (excluding diaryl/α,β-unsaturated/α-hetero) is 1. The van der Waals surface area contributed by atoms with Crippen molar-refractivity contribution in [1.82, 2.24) is 0 Å². The van der Waals surface area contributed by atoms with Gasteiger partial charge in [0, 0.05) is 9.81 Å². The summed E-state index contributed by atoms with van der Waals surface area (Å²) in [7, 11) is 0. The summed E-state index contributed by atoms with van der Waals surface area (Å²) in [6.07, 6.45) is 0. The Morgan fingerprint density at radius 3 is 2.11 bits per heavy atom. The molecule has 0 saturated carbocycles. The molecule has 0 saturated heterocycles. The summed E-state index contributed by atoms with van der Waals surface area (Å²) < 4.78 is 0. The molecule has 0 bridgehead atoms. The molecule has 0 aromatic heterocycles. The van der Waals surface area contributed by atoms with Crippen LogP contribution in [0.15, 0.2) is 40.3 Å². The van der Waals surface area contributed by atoms with Gasteiger partial charge in [0.15, 0.2) is 5.12 Å². The van der Waals surface area contributed by atoms with Crippen LogP contribution in [0.1, 0.15) is 27.7 Å². The predicted octanol–water partition coefficient (Wildman–Crippen LogP) is 4.24. The van der Waals surface area contributed by atoms with Gasteiger partial charge in [0.25, 0.3) is 0 Å². The fraction of sp³-hybridized carbons (Fsp3) is 0.385. The van der Waals surface area contributed by atoms with Crippen LogP contribution < -0.4 is 0 Å². The van der Waals surface area contributed by atoms with E-state index in [1.54, 1.807) is 0 Å². The topological polar surface area (TPSA) is 82.9 Å². The van der Waals surface area contributed by atoms with Crippen molar-refractivity contribution in [2.24, 2.45) is 5.11 Å². The molecule has 0 aliphatic heterocycles. The zero-order valence-corrected chi connectivity index (χ0v) is 12.5. The summed E-state index contributed by atoms with van der Waals surface area (Å²) in [6, 6.07) is 9.24. The van der Waals surface area contributed by atoms with Gasteiger partial charge in [-0.05, 0) is 31.5 Å². The molecule has 0 spiro atoms. The first-order chi connectivity index (χ1) is 9.06. The maximum absolute atomic E-state index is 11.1. The molecule has 0 N–H and O–H groups in total. The SMILES string of the molecule is CC.CC(C)=O.[N-]=[N+]=NCC(=O)Sc1ccccc1. The van der Waals surface area contributed by atoms with E-state index in [1.807, 2.05) is 44.2 Å². The number of hydrogen-bond acceptors (Lipinski definition) is 4. The van der Waals surface area contributed by atoms with Gasteiger partial charge in [-0.3, -0.25) is 4.79 Å². The number of carbonyl (C=O) groups is 2. The summed E-state index contributed by atoms with van der Waals surface area (Å²) >= 11 is 1.08. The molecule has 0 aliphatic carbocycles. The minimum absolute atomic E-state index is 0.101. The second kappa shape index (κ2) is 14.3. The van der Waals surface area contributed by atoms with Crippen LogP contribution >= 0.6 is 11.8 Å². The number of carbonyl (C=O) groups excluding carboxylic acids is 2. The first-order valence-corrected chi connectivity index (χ1v) is 6.61. The Balaban J connectivity index is 0. The van der Waals surface area contributed by atoms with Crippen molar-refractivity contribution in [2.75, 3.05) is 6.54 Å². The van der Waals surface area contributed by atoms with Gasteiger partial charge in [-0.15, -0.1) is 0 Å². The molecule has 1 rings (SSSR count). The smallest absolute Gasteiger partial charge is 0.199 e. The third-order valence-electron chi connectivity index (χ3n) is 1.24. The Morgan fingerprint density at radius 2 is 1.68 bits per heavy atom. The largest absolute Gasteiger partial charge is 0.300 e. The van der Waals surface area contributed by atoms with Gasteiger partial charge in [0.05, 0.1) is 6.54 Å². The average Bonchev–Trinajstić information content (AvgIpc) is 2.39. The molecular weight excluding hydrogens is 262 g/mol. The van der Waals surface area contributed by atoms with Gasteiger partial charge in [0.2, 0.25) is 0 Å². The van der Waals surface area contributed by atoms with Crippen LogP contribution in [0.3, 0.4) is 0 Å². The minimum Gasteiger partial charge on any atom is -0.300 e. The van der Waals surface area contributed by atoms with Gasteiger partial charge < -0.3 is 4.79 Å². The van der Waals surface area contributed by atoms with E-state index in [9.17, 15) is 9.59 Å². The van der Waals surface area contributed by atoms with Crippen LogP contribution in [0, 0.1) is 0 Å². The molecule has 0 atom stereocenters. The van der Waals surface area contributed by atoms with Crippen LogP contribution in [0.25, 0.3) is 10.4 Å². The molecule has 0 unspecified atom stereocenters. The molecule has 0 radical (unpaired) electrons. The van der Waals surface area contributed by atoms with Crippen molar-refractivity contribution in [3.05, 3.63) is 40.8 Å². The Kier molecular flexibility index (Phi) is 14.7. The van der Waals surface area contributed by atoms with E-state index in [0.29, 0.717) is 0 Å². The normalized spacial score (nSPS) is 7.79. The van der Waals surface area contributed by atoms with Crippen LogP contribution in [0.2, 0.25) is 0 Å². The molecule has 0 aliphatic rings. The first kappa shape index (κ1) is 19.6. The Labute approximate surface area is 118 Å².